The van der Waals surface area contributed by atoms with Crippen molar-refractivity contribution in [3.05, 3.63) is 36.3 Å². The molecule has 0 amide bonds. The van der Waals surface area contributed by atoms with Crippen molar-refractivity contribution < 1.29 is 22.6 Å². The highest BCUT2D eigenvalue weighted by Gasteiger charge is 2.51. The summed E-state index contributed by atoms with van der Waals surface area (Å²) in [7, 11) is 1.48. The molecule has 1 N–H and O–H groups in total. The molecule has 1 atom stereocenters. The zero-order valence-corrected chi connectivity index (χ0v) is 19.9. The molecule has 0 radical (unpaired) electrons. The number of nitrogens with one attached hydrogen (secondary N) is 1. The maximum absolute atomic E-state index is 14.7. The minimum atomic E-state index is -2.93. The molecule has 0 saturated carbocycles. The molecule has 0 bridgehead atoms. The van der Waals surface area contributed by atoms with Gasteiger partial charge in [0.1, 0.15) is 24.1 Å². The van der Waals surface area contributed by atoms with Crippen LogP contribution in [0.15, 0.2) is 30.5 Å². The van der Waals surface area contributed by atoms with E-state index in [1.54, 1.807) is 15.6 Å². The zero-order chi connectivity index (χ0) is 25.0. The van der Waals surface area contributed by atoms with E-state index in [0.717, 1.165) is 28.0 Å². The van der Waals surface area contributed by atoms with E-state index in [4.69, 9.17) is 9.47 Å². The highest BCUT2D eigenvalue weighted by atomic mass is 19.3. The molecule has 0 spiro atoms. The summed E-state index contributed by atoms with van der Waals surface area (Å²) in [4.78, 5) is 10.7. The average Bonchev–Trinajstić information content (AvgIpc) is 3.46. The molecular formula is C24H26F3N7O2. The van der Waals surface area contributed by atoms with Crippen LogP contribution in [0, 0.1) is 6.92 Å². The van der Waals surface area contributed by atoms with Crippen molar-refractivity contribution in [3.8, 4) is 17.0 Å². The van der Waals surface area contributed by atoms with E-state index in [-0.39, 0.29) is 37.5 Å². The summed E-state index contributed by atoms with van der Waals surface area (Å²) < 4.78 is 56.7. The maximum Gasteiger partial charge on any atom is 0.281 e. The van der Waals surface area contributed by atoms with E-state index in [2.05, 4.69) is 20.4 Å². The van der Waals surface area contributed by atoms with Gasteiger partial charge in [-0.25, -0.2) is 22.7 Å². The van der Waals surface area contributed by atoms with Gasteiger partial charge in [0, 0.05) is 18.3 Å². The van der Waals surface area contributed by atoms with Gasteiger partial charge >= 0.3 is 0 Å². The number of aryl methyl sites for hydroxylation is 2. The number of fused-ring (bicyclic) bond motifs is 2. The third-order valence-electron chi connectivity index (χ3n) is 7.01. The number of hydrogen-bond donors (Lipinski definition) is 1. The average molecular weight is 502 g/mol. The number of rotatable bonds is 7. The minimum Gasteiger partial charge on any atom is -0.479 e. The summed E-state index contributed by atoms with van der Waals surface area (Å²) in [5.41, 5.74) is 3.86. The standard InChI is InChI=1S/C24H26F3N7O2/c1-14-28-18-4-3-15(9-19(18)33(14)8-6-25)17-5-7-34-21(17)22(35-2)30-23(31-34)29-20-10-32(13-24(20,26)27)16-11-36-12-16/h3-5,7,9,16,20H,6,8,10-13H2,1-2H3,(H,29,31)/t20-/m1/s1. The van der Waals surface area contributed by atoms with Gasteiger partial charge in [0.15, 0.2) is 0 Å². The second kappa shape index (κ2) is 8.63. The summed E-state index contributed by atoms with van der Waals surface area (Å²) in [5, 5.41) is 7.27. The smallest absolute Gasteiger partial charge is 0.281 e. The zero-order valence-electron chi connectivity index (χ0n) is 19.9. The molecule has 2 aliphatic heterocycles. The number of methoxy groups -OCH3 is 1. The molecule has 3 aromatic heterocycles. The summed E-state index contributed by atoms with van der Waals surface area (Å²) in [5.74, 6) is -1.87. The second-order valence-corrected chi connectivity index (χ2v) is 9.25. The highest BCUT2D eigenvalue weighted by Crippen LogP contribution is 2.35. The van der Waals surface area contributed by atoms with Crippen molar-refractivity contribution in [3.63, 3.8) is 0 Å². The number of anilines is 1. The number of ether oxygens (including phenoxy) is 2. The number of likely N-dealkylation sites (tertiary alicyclic amines) is 1. The van der Waals surface area contributed by atoms with Crippen LogP contribution in [-0.2, 0) is 11.3 Å². The number of alkyl halides is 3. The topological polar surface area (TPSA) is 81.7 Å². The van der Waals surface area contributed by atoms with Crippen LogP contribution in [0.25, 0.3) is 27.7 Å². The molecule has 1 aromatic carbocycles. The predicted octanol–water partition coefficient (Wildman–Crippen LogP) is 3.16. The van der Waals surface area contributed by atoms with Crippen LogP contribution in [0.5, 0.6) is 5.88 Å². The van der Waals surface area contributed by atoms with Gasteiger partial charge in [0.25, 0.3) is 5.92 Å². The Labute approximate surface area is 204 Å². The van der Waals surface area contributed by atoms with E-state index in [1.165, 1.54) is 7.11 Å². The van der Waals surface area contributed by atoms with Gasteiger partial charge in [0.05, 0.1) is 50.5 Å². The molecule has 9 nitrogen and oxygen atoms in total. The molecular weight excluding hydrogens is 475 g/mol. The van der Waals surface area contributed by atoms with E-state index in [9.17, 15) is 13.2 Å². The number of hydrogen-bond acceptors (Lipinski definition) is 7. The fourth-order valence-electron chi connectivity index (χ4n) is 5.04. The first kappa shape index (κ1) is 23.0. The Morgan fingerprint density at radius 3 is 2.78 bits per heavy atom. The number of nitrogens with zero attached hydrogens (tertiary/aromatic N) is 6. The Kier molecular flexibility index (Phi) is 5.52. The third kappa shape index (κ3) is 3.75. The molecule has 2 saturated heterocycles. The number of imidazole rings is 1. The number of aromatic nitrogens is 5. The van der Waals surface area contributed by atoms with Crippen LogP contribution in [0.1, 0.15) is 5.82 Å². The molecule has 6 rings (SSSR count). The Hall–Kier alpha value is -3.38. The maximum atomic E-state index is 14.7. The van der Waals surface area contributed by atoms with E-state index in [1.807, 2.05) is 35.8 Å². The van der Waals surface area contributed by atoms with Gasteiger partial charge < -0.3 is 19.4 Å². The van der Waals surface area contributed by atoms with E-state index in [0.29, 0.717) is 18.7 Å². The van der Waals surface area contributed by atoms with Gasteiger partial charge in [-0.15, -0.1) is 5.10 Å². The number of benzene rings is 1. The van der Waals surface area contributed by atoms with Crippen LogP contribution in [-0.4, -0.2) is 87.1 Å². The first-order chi connectivity index (χ1) is 17.4. The van der Waals surface area contributed by atoms with Crippen molar-refractivity contribution in [2.24, 2.45) is 0 Å². The molecule has 0 aliphatic carbocycles. The first-order valence-electron chi connectivity index (χ1n) is 11.8. The molecule has 0 unspecified atom stereocenters. The lowest BCUT2D eigenvalue weighted by molar-refractivity contribution is -0.0711. The fraction of sp³-hybridized carbons (Fsp3) is 0.458. The molecule has 190 valence electrons. The van der Waals surface area contributed by atoms with Crippen molar-refractivity contribution >= 4 is 22.5 Å². The Morgan fingerprint density at radius 1 is 1.22 bits per heavy atom. The largest absolute Gasteiger partial charge is 0.479 e. The van der Waals surface area contributed by atoms with Crippen molar-refractivity contribution in [2.45, 2.75) is 31.5 Å². The summed E-state index contributed by atoms with van der Waals surface area (Å²) >= 11 is 0. The molecule has 5 heterocycles. The van der Waals surface area contributed by atoms with Crippen LogP contribution >= 0.6 is 0 Å². The first-order valence-corrected chi connectivity index (χ1v) is 11.8. The van der Waals surface area contributed by atoms with Gasteiger partial charge in [-0.05, 0) is 30.7 Å². The minimum absolute atomic E-state index is 0.0231. The van der Waals surface area contributed by atoms with Crippen LogP contribution in [0.3, 0.4) is 0 Å². The van der Waals surface area contributed by atoms with Crippen molar-refractivity contribution in [1.29, 1.82) is 0 Å². The fourth-order valence-corrected chi connectivity index (χ4v) is 5.04. The van der Waals surface area contributed by atoms with Crippen LogP contribution < -0.4 is 10.1 Å². The lowest BCUT2D eigenvalue weighted by Gasteiger charge is -2.34. The Balaban J connectivity index is 1.34. The Bertz CT molecular complexity index is 1430. The lowest BCUT2D eigenvalue weighted by atomic mass is 10.1. The lowest BCUT2D eigenvalue weighted by Crippen LogP contribution is -2.48. The molecule has 2 fully saturated rings. The second-order valence-electron chi connectivity index (χ2n) is 9.25. The Morgan fingerprint density at radius 2 is 2.06 bits per heavy atom. The summed E-state index contributed by atoms with van der Waals surface area (Å²) in [6.45, 7) is 2.38. The van der Waals surface area contributed by atoms with Crippen LogP contribution in [0.4, 0.5) is 19.1 Å². The molecule has 36 heavy (non-hydrogen) atoms. The van der Waals surface area contributed by atoms with E-state index >= 15 is 0 Å². The predicted molar refractivity (Wildman–Crippen MR) is 128 cm³/mol. The monoisotopic (exact) mass is 501 g/mol. The summed E-state index contributed by atoms with van der Waals surface area (Å²) in [6.07, 6.45) is 1.74. The van der Waals surface area contributed by atoms with Gasteiger partial charge in [-0.2, -0.15) is 4.98 Å². The van der Waals surface area contributed by atoms with Gasteiger partial charge in [-0.3, -0.25) is 4.90 Å². The quantitative estimate of drug-likeness (QED) is 0.417. The number of halogens is 3. The third-order valence-corrected chi connectivity index (χ3v) is 7.01. The van der Waals surface area contributed by atoms with Crippen molar-refractivity contribution in [1.82, 2.24) is 29.0 Å². The molecule has 12 heteroatoms. The summed E-state index contributed by atoms with van der Waals surface area (Å²) in [6, 6.07) is 6.52. The highest BCUT2D eigenvalue weighted by molar-refractivity contribution is 5.89. The SMILES string of the molecule is COc1nc(N[C@@H]2CN(C3COC3)CC2(F)F)nn2ccc(-c3ccc4nc(C)n(CCF)c4c3)c12. The van der Waals surface area contributed by atoms with Crippen molar-refractivity contribution in [2.75, 3.05) is 45.4 Å². The van der Waals surface area contributed by atoms with E-state index < -0.39 is 18.6 Å². The normalized spacial score (nSPS) is 20.3. The molecule has 4 aromatic rings. The van der Waals surface area contributed by atoms with Crippen LogP contribution in [0.2, 0.25) is 0 Å². The van der Waals surface area contributed by atoms with Gasteiger partial charge in [-0.1, -0.05) is 6.07 Å². The molecule has 2 aliphatic rings. The van der Waals surface area contributed by atoms with Gasteiger partial charge in [0.2, 0.25) is 11.8 Å².